The van der Waals surface area contributed by atoms with E-state index in [1.54, 1.807) is 24.4 Å². The summed E-state index contributed by atoms with van der Waals surface area (Å²) in [4.78, 5) is 38.3. The molecule has 178 valence electrons. The zero-order valence-corrected chi connectivity index (χ0v) is 18.9. The number of benzene rings is 1. The molecule has 0 radical (unpaired) electrons. The molecule has 0 spiro atoms. The van der Waals surface area contributed by atoms with Gasteiger partial charge in [-0.3, -0.25) is 4.79 Å². The number of amides is 3. The van der Waals surface area contributed by atoms with Crippen LogP contribution in [0.15, 0.2) is 24.4 Å². The van der Waals surface area contributed by atoms with Crippen LogP contribution in [0.5, 0.6) is 0 Å². The SMILES string of the molecule is C.CC(C)NC(=O)Nc1ccc2c(c1)Nc1nc(N(C)C3CCN(C)CC3)ncc1C(=O)N2. The molecule has 0 unspecified atom stereocenters. The van der Waals surface area contributed by atoms with E-state index in [2.05, 4.69) is 48.1 Å². The summed E-state index contributed by atoms with van der Waals surface area (Å²) in [6.07, 6.45) is 3.64. The van der Waals surface area contributed by atoms with Crippen LogP contribution >= 0.6 is 0 Å². The Hall–Kier alpha value is -3.40. The van der Waals surface area contributed by atoms with E-state index >= 15 is 0 Å². The fraction of sp³-hybridized carbons (Fsp3) is 0.478. The summed E-state index contributed by atoms with van der Waals surface area (Å²) >= 11 is 0. The van der Waals surface area contributed by atoms with Gasteiger partial charge in [0.05, 0.1) is 11.4 Å². The average Bonchev–Trinajstić information content (AvgIpc) is 2.88. The van der Waals surface area contributed by atoms with Crippen molar-refractivity contribution in [1.82, 2.24) is 20.2 Å². The van der Waals surface area contributed by atoms with Crippen LogP contribution in [0, 0.1) is 0 Å². The smallest absolute Gasteiger partial charge is 0.319 e. The van der Waals surface area contributed by atoms with Crippen LogP contribution in [0.2, 0.25) is 0 Å². The molecule has 0 saturated carbocycles. The molecule has 2 aromatic rings. The van der Waals surface area contributed by atoms with Crippen molar-refractivity contribution in [2.24, 2.45) is 0 Å². The maximum atomic E-state index is 12.7. The van der Waals surface area contributed by atoms with Crippen LogP contribution in [0.3, 0.4) is 0 Å². The van der Waals surface area contributed by atoms with E-state index in [0.29, 0.717) is 40.4 Å². The van der Waals surface area contributed by atoms with Gasteiger partial charge < -0.3 is 31.1 Å². The number of nitrogens with zero attached hydrogens (tertiary/aromatic N) is 4. The number of rotatable bonds is 4. The highest BCUT2D eigenvalue weighted by atomic mass is 16.2. The monoisotopic (exact) mass is 454 g/mol. The number of hydrogen-bond acceptors (Lipinski definition) is 7. The first-order valence-corrected chi connectivity index (χ1v) is 10.9. The van der Waals surface area contributed by atoms with E-state index in [-0.39, 0.29) is 25.4 Å². The number of nitrogens with one attached hydrogen (secondary N) is 4. The van der Waals surface area contributed by atoms with Crippen LogP contribution in [0.25, 0.3) is 0 Å². The predicted molar refractivity (Wildman–Crippen MR) is 133 cm³/mol. The number of aromatic nitrogens is 2. The second kappa shape index (κ2) is 10.0. The lowest BCUT2D eigenvalue weighted by molar-refractivity contribution is 0.102. The van der Waals surface area contributed by atoms with Gasteiger partial charge in [-0.1, -0.05) is 7.43 Å². The number of piperidine rings is 1. The molecular formula is C23H34N8O2. The lowest BCUT2D eigenvalue weighted by atomic mass is 10.0. The Balaban J connectivity index is 0.00000306. The summed E-state index contributed by atoms with van der Waals surface area (Å²) in [6.45, 7) is 5.86. The molecule has 3 heterocycles. The number of fused-ring (bicyclic) bond motifs is 2. The normalized spacial score (nSPS) is 15.8. The molecule has 0 aliphatic carbocycles. The third kappa shape index (κ3) is 5.51. The first kappa shape index (κ1) is 24.2. The minimum Gasteiger partial charge on any atom is -0.341 e. The third-order valence-electron chi connectivity index (χ3n) is 5.77. The Morgan fingerprint density at radius 2 is 1.94 bits per heavy atom. The first-order chi connectivity index (χ1) is 15.3. The van der Waals surface area contributed by atoms with E-state index in [1.807, 2.05) is 20.9 Å². The lowest BCUT2D eigenvalue weighted by Gasteiger charge is -2.35. The molecule has 1 aromatic heterocycles. The molecule has 0 bridgehead atoms. The van der Waals surface area contributed by atoms with Gasteiger partial charge in [0.25, 0.3) is 5.91 Å². The topological polar surface area (TPSA) is 115 Å². The van der Waals surface area contributed by atoms with Gasteiger partial charge in [0.1, 0.15) is 11.4 Å². The van der Waals surface area contributed by atoms with E-state index in [9.17, 15) is 9.59 Å². The Bertz CT molecular complexity index is 1020. The second-order valence-electron chi connectivity index (χ2n) is 8.67. The van der Waals surface area contributed by atoms with Crippen LogP contribution < -0.4 is 26.2 Å². The molecule has 33 heavy (non-hydrogen) atoms. The molecule has 3 amide bonds. The second-order valence-corrected chi connectivity index (χ2v) is 8.67. The number of likely N-dealkylation sites (tertiary alicyclic amines) is 1. The predicted octanol–water partition coefficient (Wildman–Crippen LogP) is 3.48. The minimum absolute atomic E-state index is 0. The molecule has 4 N–H and O–H groups in total. The fourth-order valence-corrected chi connectivity index (χ4v) is 3.93. The number of urea groups is 1. The Morgan fingerprint density at radius 3 is 2.64 bits per heavy atom. The Labute approximate surface area is 195 Å². The molecule has 10 heteroatoms. The Morgan fingerprint density at radius 1 is 1.21 bits per heavy atom. The van der Waals surface area contributed by atoms with Crippen LogP contribution in [0.1, 0.15) is 44.5 Å². The summed E-state index contributed by atoms with van der Waals surface area (Å²) in [5, 5.41) is 11.7. The summed E-state index contributed by atoms with van der Waals surface area (Å²) < 4.78 is 0. The molecule has 1 saturated heterocycles. The molecule has 4 rings (SSSR count). The van der Waals surface area contributed by atoms with E-state index in [1.165, 1.54) is 0 Å². The highest BCUT2D eigenvalue weighted by Gasteiger charge is 2.26. The van der Waals surface area contributed by atoms with Gasteiger partial charge in [-0.05, 0) is 65.0 Å². The number of anilines is 5. The molecular weight excluding hydrogens is 420 g/mol. The van der Waals surface area contributed by atoms with Crippen molar-refractivity contribution >= 4 is 40.8 Å². The molecule has 10 nitrogen and oxygen atoms in total. The van der Waals surface area contributed by atoms with Crippen molar-refractivity contribution in [2.75, 3.05) is 48.0 Å². The molecule has 2 aliphatic heterocycles. The molecule has 0 atom stereocenters. The lowest BCUT2D eigenvalue weighted by Crippen LogP contribution is -2.42. The highest BCUT2D eigenvalue weighted by molar-refractivity contribution is 6.11. The first-order valence-electron chi connectivity index (χ1n) is 10.9. The summed E-state index contributed by atoms with van der Waals surface area (Å²) in [5.74, 6) is 0.737. The van der Waals surface area contributed by atoms with Crippen molar-refractivity contribution in [3.63, 3.8) is 0 Å². The maximum Gasteiger partial charge on any atom is 0.319 e. The van der Waals surface area contributed by atoms with Crippen LogP contribution in [-0.2, 0) is 0 Å². The van der Waals surface area contributed by atoms with E-state index < -0.39 is 0 Å². The summed E-state index contributed by atoms with van der Waals surface area (Å²) in [5.41, 5.74) is 2.22. The zero-order valence-electron chi connectivity index (χ0n) is 18.9. The van der Waals surface area contributed by atoms with Gasteiger partial charge in [-0.15, -0.1) is 0 Å². The van der Waals surface area contributed by atoms with E-state index in [0.717, 1.165) is 25.9 Å². The van der Waals surface area contributed by atoms with Crippen molar-refractivity contribution in [1.29, 1.82) is 0 Å². The van der Waals surface area contributed by atoms with E-state index in [4.69, 9.17) is 0 Å². The van der Waals surface area contributed by atoms with Crippen molar-refractivity contribution in [3.05, 3.63) is 30.0 Å². The average molecular weight is 455 g/mol. The van der Waals surface area contributed by atoms with Gasteiger partial charge in [-0.25, -0.2) is 9.78 Å². The number of carbonyl (C=O) groups is 2. The van der Waals surface area contributed by atoms with Crippen molar-refractivity contribution in [2.45, 2.75) is 46.2 Å². The third-order valence-corrected chi connectivity index (χ3v) is 5.77. The van der Waals surface area contributed by atoms with Gasteiger partial charge in [0.2, 0.25) is 5.95 Å². The zero-order chi connectivity index (χ0) is 22.8. The van der Waals surface area contributed by atoms with Crippen LogP contribution in [-0.4, -0.2) is 66.1 Å². The van der Waals surface area contributed by atoms with Gasteiger partial charge in [0, 0.05) is 31.0 Å². The maximum absolute atomic E-state index is 12.7. The molecule has 2 aliphatic rings. The minimum atomic E-state index is -0.289. The summed E-state index contributed by atoms with van der Waals surface area (Å²) in [6, 6.07) is 5.34. The van der Waals surface area contributed by atoms with Crippen LogP contribution in [0.4, 0.5) is 33.6 Å². The van der Waals surface area contributed by atoms with Crippen molar-refractivity contribution in [3.8, 4) is 0 Å². The fourth-order valence-electron chi connectivity index (χ4n) is 3.93. The largest absolute Gasteiger partial charge is 0.341 e. The number of carbonyl (C=O) groups excluding carboxylic acids is 2. The highest BCUT2D eigenvalue weighted by Crippen LogP contribution is 2.33. The quantitative estimate of drug-likeness (QED) is 0.559. The Kier molecular flexibility index (Phi) is 7.37. The van der Waals surface area contributed by atoms with Crippen molar-refractivity contribution < 1.29 is 9.59 Å². The van der Waals surface area contributed by atoms with Gasteiger partial charge >= 0.3 is 6.03 Å². The molecule has 1 fully saturated rings. The summed E-state index contributed by atoms with van der Waals surface area (Å²) in [7, 11) is 4.13. The van der Waals surface area contributed by atoms with Gasteiger partial charge in [-0.2, -0.15) is 4.98 Å². The standard InChI is InChI=1S/C22H30N8O2.CH4/c1-13(2)24-22(32)25-14-5-6-17-18(11-14)26-19-16(20(31)27-17)12-23-21(28-19)30(4)15-7-9-29(3)10-8-15;/h5-6,11-13,15H,7-10H2,1-4H3,(H,27,31)(H,23,26,28)(H2,24,25,32);1H4. The number of hydrogen-bond donors (Lipinski definition) is 4. The van der Waals surface area contributed by atoms with Gasteiger partial charge in [0.15, 0.2) is 0 Å². The molecule has 1 aromatic carbocycles.